The van der Waals surface area contributed by atoms with Crippen LogP contribution in [0.2, 0.25) is 0 Å². The third-order valence-corrected chi connectivity index (χ3v) is 6.85. The van der Waals surface area contributed by atoms with Gasteiger partial charge in [-0.15, -0.1) is 0 Å². The molecule has 0 spiro atoms. The van der Waals surface area contributed by atoms with E-state index < -0.39 is 5.60 Å². The molecule has 1 fully saturated rings. The maximum Gasteiger partial charge on any atom is 0.254 e. The van der Waals surface area contributed by atoms with Gasteiger partial charge in [-0.05, 0) is 62.6 Å². The van der Waals surface area contributed by atoms with E-state index in [1.54, 1.807) is 13.2 Å². The van der Waals surface area contributed by atoms with E-state index in [1.807, 2.05) is 23.1 Å². The van der Waals surface area contributed by atoms with Crippen LogP contribution in [0.5, 0.6) is 11.5 Å². The summed E-state index contributed by atoms with van der Waals surface area (Å²) in [6.45, 7) is 12.2. The summed E-state index contributed by atoms with van der Waals surface area (Å²) in [5, 5.41) is 0. The molecule has 2 N–H and O–H groups in total. The molecule has 1 saturated heterocycles. The van der Waals surface area contributed by atoms with Gasteiger partial charge in [-0.3, -0.25) is 9.69 Å². The molecule has 31 heavy (non-hydrogen) atoms. The summed E-state index contributed by atoms with van der Waals surface area (Å²) in [4.78, 5) is 17.2. The van der Waals surface area contributed by atoms with Crippen molar-refractivity contribution in [1.29, 1.82) is 0 Å². The molecular weight excluding hydrogens is 390 g/mol. The Balaban J connectivity index is 1.41. The first-order chi connectivity index (χ1) is 14.7. The van der Waals surface area contributed by atoms with Gasteiger partial charge in [0.2, 0.25) is 0 Å². The predicted octanol–water partition coefficient (Wildman–Crippen LogP) is 3.23. The molecule has 2 aromatic rings. The van der Waals surface area contributed by atoms with Crippen LogP contribution in [0.1, 0.15) is 45.6 Å². The van der Waals surface area contributed by atoms with Crippen LogP contribution >= 0.6 is 0 Å². The number of rotatable bonds is 4. The van der Waals surface area contributed by atoms with Crippen molar-refractivity contribution in [3.05, 3.63) is 58.1 Å². The number of aryl methyl sites for hydroxylation is 2. The van der Waals surface area contributed by atoms with Gasteiger partial charge in [0.05, 0.1) is 13.2 Å². The highest BCUT2D eigenvalue weighted by molar-refractivity contribution is 5.94. The van der Waals surface area contributed by atoms with Gasteiger partial charge in [-0.2, -0.15) is 0 Å². The zero-order valence-electron chi connectivity index (χ0n) is 19.2. The van der Waals surface area contributed by atoms with E-state index in [4.69, 9.17) is 15.2 Å². The molecule has 2 aromatic carbocycles. The molecule has 2 atom stereocenters. The highest BCUT2D eigenvalue weighted by Crippen LogP contribution is 2.46. The minimum absolute atomic E-state index is 0.0488. The zero-order chi connectivity index (χ0) is 22.3. The molecule has 6 heteroatoms. The highest BCUT2D eigenvalue weighted by Gasteiger charge is 2.46. The molecule has 0 radical (unpaired) electrons. The van der Waals surface area contributed by atoms with E-state index in [2.05, 4.69) is 38.7 Å². The molecule has 2 aliphatic rings. The van der Waals surface area contributed by atoms with Gasteiger partial charge < -0.3 is 20.1 Å². The number of carbonyl (C=O) groups excluding carboxylic acids is 1. The maximum atomic E-state index is 12.9. The summed E-state index contributed by atoms with van der Waals surface area (Å²) in [5.41, 5.74) is 11.6. The lowest BCUT2D eigenvalue weighted by Crippen LogP contribution is -2.55. The fourth-order valence-electron chi connectivity index (χ4n) is 4.81. The van der Waals surface area contributed by atoms with Gasteiger partial charge in [0.15, 0.2) is 0 Å². The Bertz CT molecular complexity index is 998. The molecule has 2 heterocycles. The summed E-state index contributed by atoms with van der Waals surface area (Å²) in [6.07, 6.45) is 0. The molecule has 0 bridgehead atoms. The molecule has 6 nitrogen and oxygen atoms in total. The third kappa shape index (κ3) is 3.90. The number of fused-ring (bicyclic) bond motifs is 1. The van der Waals surface area contributed by atoms with Crippen molar-refractivity contribution in [3.63, 3.8) is 0 Å². The van der Waals surface area contributed by atoms with Crippen molar-refractivity contribution >= 4 is 5.91 Å². The first-order valence-corrected chi connectivity index (χ1v) is 10.9. The molecule has 1 amide bonds. The normalized spacial score (nSPS) is 23.4. The molecule has 0 saturated carbocycles. The Morgan fingerprint density at radius 1 is 1.16 bits per heavy atom. The number of hydrogen-bond donors (Lipinski definition) is 1. The van der Waals surface area contributed by atoms with Crippen molar-refractivity contribution in [3.8, 4) is 11.5 Å². The van der Waals surface area contributed by atoms with Gasteiger partial charge in [0, 0.05) is 43.9 Å². The lowest BCUT2D eigenvalue weighted by Gasteiger charge is -2.40. The average Bonchev–Trinajstić information content (AvgIpc) is 3.03. The lowest BCUT2D eigenvalue weighted by molar-refractivity contribution is 0.0221. The van der Waals surface area contributed by atoms with Crippen LogP contribution in [0.25, 0.3) is 0 Å². The summed E-state index contributed by atoms with van der Waals surface area (Å²) < 4.78 is 11.8. The number of methoxy groups -OCH3 is 1. The summed E-state index contributed by atoms with van der Waals surface area (Å²) in [5.74, 6) is 1.71. The standard InChI is InChI=1S/C25H33N3O3/c1-16-13-17(2)21-22(18(16)3)31-25(4,23(21)26)15-27-9-11-28(12-10-27)24(29)19-7-6-8-20(14-19)30-5/h6-8,13-14,23H,9-12,15,26H2,1-5H3. The topological polar surface area (TPSA) is 68.0 Å². The summed E-state index contributed by atoms with van der Waals surface area (Å²) in [6, 6.07) is 9.37. The van der Waals surface area contributed by atoms with E-state index in [0.717, 1.165) is 30.9 Å². The summed E-state index contributed by atoms with van der Waals surface area (Å²) in [7, 11) is 1.61. The van der Waals surface area contributed by atoms with Gasteiger partial charge in [-0.25, -0.2) is 0 Å². The third-order valence-electron chi connectivity index (χ3n) is 6.85. The van der Waals surface area contributed by atoms with Crippen molar-refractivity contribution in [2.45, 2.75) is 39.3 Å². The lowest BCUT2D eigenvalue weighted by atomic mass is 9.88. The second-order valence-electron chi connectivity index (χ2n) is 9.07. The Hall–Kier alpha value is -2.57. The van der Waals surface area contributed by atoms with E-state index >= 15 is 0 Å². The van der Waals surface area contributed by atoms with E-state index in [-0.39, 0.29) is 11.9 Å². The largest absolute Gasteiger partial charge is 0.497 e. The first kappa shape index (κ1) is 21.7. The second kappa shape index (κ2) is 8.17. The van der Waals surface area contributed by atoms with Crippen LogP contribution in [0, 0.1) is 20.8 Å². The number of piperazine rings is 1. The number of nitrogens with two attached hydrogens (primary N) is 1. The highest BCUT2D eigenvalue weighted by atomic mass is 16.5. The van der Waals surface area contributed by atoms with E-state index in [9.17, 15) is 4.79 Å². The number of amides is 1. The molecule has 2 aliphatic heterocycles. The van der Waals surface area contributed by atoms with Crippen LogP contribution in [-0.4, -0.2) is 61.1 Å². The van der Waals surface area contributed by atoms with Crippen LogP contribution in [0.4, 0.5) is 0 Å². The smallest absolute Gasteiger partial charge is 0.254 e. The maximum absolute atomic E-state index is 12.9. The van der Waals surface area contributed by atoms with Crippen LogP contribution in [0.3, 0.4) is 0 Å². The Labute approximate surface area is 184 Å². The Morgan fingerprint density at radius 3 is 2.55 bits per heavy atom. The minimum Gasteiger partial charge on any atom is -0.497 e. The monoisotopic (exact) mass is 423 g/mol. The quantitative estimate of drug-likeness (QED) is 0.818. The number of hydrogen-bond acceptors (Lipinski definition) is 5. The van der Waals surface area contributed by atoms with Crippen molar-refractivity contribution in [1.82, 2.24) is 9.80 Å². The summed E-state index contributed by atoms with van der Waals surface area (Å²) >= 11 is 0. The van der Waals surface area contributed by atoms with Gasteiger partial charge in [-0.1, -0.05) is 12.1 Å². The fraction of sp³-hybridized carbons (Fsp3) is 0.480. The van der Waals surface area contributed by atoms with Gasteiger partial charge in [0.25, 0.3) is 5.91 Å². The molecule has 4 rings (SSSR count). The molecule has 0 aromatic heterocycles. The number of ether oxygens (including phenoxy) is 2. The van der Waals surface area contributed by atoms with Crippen molar-refractivity contribution in [2.24, 2.45) is 5.73 Å². The van der Waals surface area contributed by atoms with Crippen LogP contribution in [-0.2, 0) is 0 Å². The van der Waals surface area contributed by atoms with Crippen molar-refractivity contribution < 1.29 is 14.3 Å². The SMILES string of the molecule is COc1cccc(C(=O)N2CCN(CC3(C)Oc4c(C)c(C)cc(C)c4C3N)CC2)c1. The number of carbonyl (C=O) groups is 1. The Kier molecular flexibility index (Phi) is 5.71. The molecular formula is C25H33N3O3. The minimum atomic E-state index is -0.482. The number of benzene rings is 2. The fourth-order valence-corrected chi connectivity index (χ4v) is 4.81. The average molecular weight is 424 g/mol. The van der Waals surface area contributed by atoms with E-state index in [1.165, 1.54) is 16.7 Å². The van der Waals surface area contributed by atoms with Crippen molar-refractivity contribution in [2.75, 3.05) is 39.8 Å². The number of nitrogens with zero attached hydrogens (tertiary/aromatic N) is 2. The Morgan fingerprint density at radius 2 is 1.87 bits per heavy atom. The van der Waals surface area contributed by atoms with E-state index in [0.29, 0.717) is 24.4 Å². The van der Waals surface area contributed by atoms with Crippen LogP contribution < -0.4 is 15.2 Å². The molecule has 2 unspecified atom stereocenters. The molecule has 166 valence electrons. The first-order valence-electron chi connectivity index (χ1n) is 10.9. The van der Waals surface area contributed by atoms with Gasteiger partial charge in [0.1, 0.15) is 17.1 Å². The second-order valence-corrected chi connectivity index (χ2v) is 9.07. The zero-order valence-corrected chi connectivity index (χ0v) is 19.2. The predicted molar refractivity (Wildman–Crippen MR) is 122 cm³/mol. The van der Waals surface area contributed by atoms with Gasteiger partial charge >= 0.3 is 0 Å². The van der Waals surface area contributed by atoms with Crippen LogP contribution in [0.15, 0.2) is 30.3 Å². The molecule has 0 aliphatic carbocycles.